The summed E-state index contributed by atoms with van der Waals surface area (Å²) in [5.41, 5.74) is 2.39. The van der Waals surface area contributed by atoms with E-state index < -0.39 is 0 Å². The van der Waals surface area contributed by atoms with Gasteiger partial charge < -0.3 is 4.74 Å². The summed E-state index contributed by atoms with van der Waals surface area (Å²) in [7, 11) is 1.33. The van der Waals surface area contributed by atoms with Crippen LogP contribution >= 0.6 is 11.6 Å². The number of carbonyl (C=O) groups is 2. The van der Waals surface area contributed by atoms with Gasteiger partial charge >= 0.3 is 5.97 Å². The summed E-state index contributed by atoms with van der Waals surface area (Å²) in [6.45, 7) is 1.86. The first kappa shape index (κ1) is 14.0. The second kappa shape index (κ2) is 6.17. The molecule has 0 radical (unpaired) electrons. The second-order valence-electron chi connectivity index (χ2n) is 4.67. The van der Waals surface area contributed by atoms with Crippen LogP contribution in [0.25, 0.3) is 0 Å². The minimum atomic E-state index is -0.343. The third kappa shape index (κ3) is 3.78. The number of Topliss-reactive ketones (excluding diaryl/α,β-unsaturated/α-hetero) is 1. The molecule has 4 nitrogen and oxygen atoms in total. The van der Waals surface area contributed by atoms with E-state index in [4.69, 9.17) is 11.6 Å². The summed E-state index contributed by atoms with van der Waals surface area (Å²) in [5, 5.41) is 0.720. The molecule has 1 aromatic carbocycles. The molecule has 1 heterocycles. The number of carbonyl (C=O) groups excluding carboxylic acids is 2. The highest BCUT2D eigenvalue weighted by Gasteiger charge is 2.21. The van der Waals surface area contributed by atoms with Gasteiger partial charge in [-0.1, -0.05) is 17.7 Å². The van der Waals surface area contributed by atoms with E-state index in [0.29, 0.717) is 6.54 Å². The van der Waals surface area contributed by atoms with Crippen LogP contribution in [0.15, 0.2) is 18.2 Å². The molecule has 0 saturated heterocycles. The fraction of sp³-hybridized carbons (Fsp3) is 0.429. The summed E-state index contributed by atoms with van der Waals surface area (Å²) < 4.78 is 4.52. The first-order valence-electron chi connectivity index (χ1n) is 6.16. The van der Waals surface area contributed by atoms with E-state index in [-0.39, 0.29) is 24.6 Å². The Morgan fingerprint density at radius 1 is 1.26 bits per heavy atom. The van der Waals surface area contributed by atoms with Crippen LogP contribution in [0.4, 0.5) is 0 Å². The van der Waals surface area contributed by atoms with Crippen LogP contribution in [0.1, 0.15) is 24.0 Å². The molecule has 1 aliphatic heterocycles. The van der Waals surface area contributed by atoms with Crippen molar-refractivity contribution < 1.29 is 14.3 Å². The summed E-state index contributed by atoms with van der Waals surface area (Å²) >= 11 is 5.94. The van der Waals surface area contributed by atoms with Crippen LogP contribution in [0.5, 0.6) is 0 Å². The van der Waals surface area contributed by atoms with Gasteiger partial charge in [0.05, 0.1) is 20.1 Å². The molecule has 0 fully saturated rings. The maximum absolute atomic E-state index is 11.8. The molecule has 1 aromatic rings. The van der Waals surface area contributed by atoms with Crippen molar-refractivity contribution in [1.29, 1.82) is 0 Å². The number of benzene rings is 1. The van der Waals surface area contributed by atoms with Gasteiger partial charge in [0.2, 0.25) is 0 Å². The van der Waals surface area contributed by atoms with Crippen molar-refractivity contribution in [2.45, 2.75) is 25.9 Å². The molecule has 0 unspecified atom stereocenters. The zero-order valence-electron chi connectivity index (χ0n) is 10.8. The van der Waals surface area contributed by atoms with E-state index >= 15 is 0 Å². The maximum Gasteiger partial charge on any atom is 0.305 e. The summed E-state index contributed by atoms with van der Waals surface area (Å²) in [6.07, 6.45) is 0.391. The third-order valence-corrected chi connectivity index (χ3v) is 3.43. The van der Waals surface area contributed by atoms with Crippen LogP contribution in [0, 0.1) is 0 Å². The molecule has 0 N–H and O–H groups in total. The van der Waals surface area contributed by atoms with E-state index in [2.05, 4.69) is 9.64 Å². The standard InChI is InChI=1S/C14H16ClNO3/c1-19-14(18)5-4-13(17)9-16-7-10-2-3-12(15)6-11(10)8-16/h2-3,6H,4-5,7-9H2,1H3. The fourth-order valence-corrected chi connectivity index (χ4v) is 2.41. The second-order valence-corrected chi connectivity index (χ2v) is 5.11. The van der Waals surface area contributed by atoms with Gasteiger partial charge in [0, 0.05) is 24.5 Å². The molecular weight excluding hydrogens is 266 g/mol. The lowest BCUT2D eigenvalue weighted by atomic mass is 10.1. The number of nitrogens with zero attached hydrogens (tertiary/aromatic N) is 1. The number of esters is 1. The van der Waals surface area contributed by atoms with Crippen LogP contribution in [0.3, 0.4) is 0 Å². The number of ketones is 1. The molecular formula is C14H16ClNO3. The summed E-state index contributed by atoms with van der Waals surface area (Å²) in [6, 6.07) is 5.80. The van der Waals surface area contributed by atoms with Crippen molar-refractivity contribution in [2.24, 2.45) is 0 Å². The quantitative estimate of drug-likeness (QED) is 0.776. The summed E-state index contributed by atoms with van der Waals surface area (Å²) in [4.78, 5) is 24.8. The van der Waals surface area contributed by atoms with Crippen LogP contribution < -0.4 is 0 Å². The molecule has 19 heavy (non-hydrogen) atoms. The predicted octanol–water partition coefficient (Wildman–Crippen LogP) is 2.18. The number of fused-ring (bicyclic) bond motifs is 1. The molecule has 0 aliphatic carbocycles. The molecule has 0 atom stereocenters. The Labute approximate surface area is 117 Å². The number of hydrogen-bond donors (Lipinski definition) is 0. The molecule has 1 aliphatic rings. The predicted molar refractivity (Wildman–Crippen MR) is 71.8 cm³/mol. The van der Waals surface area contributed by atoms with Gasteiger partial charge in [-0.15, -0.1) is 0 Å². The Morgan fingerprint density at radius 2 is 2.00 bits per heavy atom. The van der Waals surface area contributed by atoms with Crippen molar-refractivity contribution in [3.8, 4) is 0 Å². The number of methoxy groups -OCH3 is 1. The normalized spacial score (nSPS) is 14.2. The topological polar surface area (TPSA) is 46.6 Å². The Morgan fingerprint density at radius 3 is 2.74 bits per heavy atom. The molecule has 0 aromatic heterocycles. The van der Waals surface area contributed by atoms with Crippen molar-refractivity contribution in [1.82, 2.24) is 4.90 Å². The Bertz CT molecular complexity index is 501. The molecule has 0 saturated carbocycles. The molecule has 5 heteroatoms. The molecule has 0 spiro atoms. The van der Waals surface area contributed by atoms with Gasteiger partial charge in [-0.05, 0) is 23.3 Å². The first-order chi connectivity index (χ1) is 9.08. The summed E-state index contributed by atoms with van der Waals surface area (Å²) in [5.74, 6) is -0.283. The number of halogens is 1. The average Bonchev–Trinajstić information content (AvgIpc) is 2.77. The van der Waals surface area contributed by atoms with Gasteiger partial charge in [-0.25, -0.2) is 0 Å². The smallest absolute Gasteiger partial charge is 0.305 e. The molecule has 102 valence electrons. The zero-order valence-corrected chi connectivity index (χ0v) is 11.6. The highest BCUT2D eigenvalue weighted by molar-refractivity contribution is 6.30. The number of rotatable bonds is 5. The fourth-order valence-electron chi connectivity index (χ4n) is 2.22. The van der Waals surface area contributed by atoms with Gasteiger partial charge in [0.15, 0.2) is 0 Å². The largest absolute Gasteiger partial charge is 0.469 e. The Hall–Kier alpha value is -1.39. The Kier molecular flexibility index (Phi) is 4.56. The maximum atomic E-state index is 11.8. The lowest BCUT2D eigenvalue weighted by Crippen LogP contribution is -2.25. The molecule has 0 amide bonds. The highest BCUT2D eigenvalue weighted by Crippen LogP contribution is 2.25. The van der Waals surface area contributed by atoms with Crippen molar-refractivity contribution in [3.05, 3.63) is 34.3 Å². The lowest BCUT2D eigenvalue weighted by molar-refractivity contribution is -0.142. The van der Waals surface area contributed by atoms with Crippen molar-refractivity contribution in [2.75, 3.05) is 13.7 Å². The lowest BCUT2D eigenvalue weighted by Gasteiger charge is -2.13. The SMILES string of the molecule is COC(=O)CCC(=O)CN1Cc2ccc(Cl)cc2C1. The van der Waals surface area contributed by atoms with Crippen LogP contribution in [-0.2, 0) is 27.4 Å². The van der Waals surface area contributed by atoms with Crippen LogP contribution in [-0.4, -0.2) is 30.3 Å². The van der Waals surface area contributed by atoms with E-state index in [1.54, 1.807) is 0 Å². The third-order valence-electron chi connectivity index (χ3n) is 3.19. The zero-order chi connectivity index (χ0) is 13.8. The number of hydrogen-bond acceptors (Lipinski definition) is 4. The van der Waals surface area contributed by atoms with E-state index in [1.165, 1.54) is 18.2 Å². The van der Waals surface area contributed by atoms with Gasteiger partial charge in [-0.2, -0.15) is 0 Å². The minimum absolute atomic E-state index is 0.0595. The monoisotopic (exact) mass is 281 g/mol. The average molecular weight is 282 g/mol. The van der Waals surface area contributed by atoms with Gasteiger partial charge in [0.25, 0.3) is 0 Å². The minimum Gasteiger partial charge on any atom is -0.469 e. The number of ether oxygens (including phenoxy) is 1. The van der Waals surface area contributed by atoms with E-state index in [1.807, 2.05) is 18.2 Å². The Balaban J connectivity index is 1.83. The van der Waals surface area contributed by atoms with Crippen LogP contribution in [0.2, 0.25) is 5.02 Å². The van der Waals surface area contributed by atoms with E-state index in [9.17, 15) is 9.59 Å². The van der Waals surface area contributed by atoms with E-state index in [0.717, 1.165) is 18.1 Å². The van der Waals surface area contributed by atoms with Crippen molar-refractivity contribution in [3.63, 3.8) is 0 Å². The van der Waals surface area contributed by atoms with Crippen molar-refractivity contribution >= 4 is 23.4 Å². The molecule has 0 bridgehead atoms. The van der Waals surface area contributed by atoms with Gasteiger partial charge in [0.1, 0.15) is 5.78 Å². The van der Waals surface area contributed by atoms with Gasteiger partial charge in [-0.3, -0.25) is 14.5 Å². The first-order valence-corrected chi connectivity index (χ1v) is 6.54. The highest BCUT2D eigenvalue weighted by atomic mass is 35.5. The molecule has 2 rings (SSSR count).